The Kier molecular flexibility index (Phi) is 17.9. The molecule has 12 heterocycles. The van der Waals surface area contributed by atoms with Crippen molar-refractivity contribution < 1.29 is 19.1 Å². The fourth-order valence-corrected chi connectivity index (χ4v) is 18.5. The largest absolute Gasteiger partial charge is 0.379 e. The van der Waals surface area contributed by atoms with Crippen molar-refractivity contribution in [2.75, 3.05) is 76.1 Å². The van der Waals surface area contributed by atoms with Crippen molar-refractivity contribution in [3.63, 3.8) is 0 Å². The first-order valence-corrected chi connectivity index (χ1v) is 42.8. The van der Waals surface area contributed by atoms with E-state index in [1.54, 1.807) is 13.4 Å². The molecule has 468 valence electrons. The Balaban J connectivity index is 0.000000142. The van der Waals surface area contributed by atoms with Crippen LogP contribution in [0.4, 0.5) is 21.0 Å². The van der Waals surface area contributed by atoms with Gasteiger partial charge in [-0.25, -0.2) is 14.8 Å². The number of imidazole rings is 2. The number of hydrogen-bond donors (Lipinski definition) is 6. The summed E-state index contributed by atoms with van der Waals surface area (Å²) in [5, 5.41) is 9.68. The fraction of sp³-hybridized carbons (Fsp3) is 0.449. The van der Waals surface area contributed by atoms with Gasteiger partial charge in [0.05, 0.1) is 44.5 Å². The molecule has 2 atom stereocenters. The Hall–Kier alpha value is -6.69. The van der Waals surface area contributed by atoms with E-state index in [9.17, 15) is 19.2 Å². The van der Waals surface area contributed by atoms with E-state index in [0.717, 1.165) is 116 Å². The van der Waals surface area contributed by atoms with Crippen molar-refractivity contribution >= 4 is 114 Å². The number of anilines is 2. The Morgan fingerprint density at radius 1 is 0.573 bits per heavy atom. The van der Waals surface area contributed by atoms with Gasteiger partial charge in [-0.2, -0.15) is 0 Å². The smallest absolute Gasteiger partial charge is 0.261 e. The van der Waals surface area contributed by atoms with Crippen molar-refractivity contribution in [1.82, 2.24) is 49.5 Å². The van der Waals surface area contributed by atoms with Crippen LogP contribution in [0.15, 0.2) is 110 Å². The molecule has 20 heteroatoms. The molecule has 4 aromatic heterocycles. The van der Waals surface area contributed by atoms with Crippen LogP contribution in [0.1, 0.15) is 85.6 Å². The molecule has 2 unspecified atom stereocenters. The molecular weight excluding hydrogens is 1340 g/mol. The number of aromatic nitrogens is 6. The Morgan fingerprint density at radius 3 is 1.45 bits per heavy atom. The molecule has 8 aliphatic rings. The zero-order valence-electron chi connectivity index (χ0n) is 52.9. The summed E-state index contributed by atoms with van der Waals surface area (Å²) in [5.41, 5.74) is 9.10. The van der Waals surface area contributed by atoms with Crippen molar-refractivity contribution in [1.29, 1.82) is 0 Å². The van der Waals surface area contributed by atoms with Gasteiger partial charge in [0.15, 0.2) is 0 Å². The topological polar surface area (TPSA) is 213 Å². The van der Waals surface area contributed by atoms with Gasteiger partial charge in [0.2, 0.25) is 0 Å². The van der Waals surface area contributed by atoms with Gasteiger partial charge in [-0.3, -0.25) is 9.59 Å². The molecule has 8 aliphatic heterocycles. The molecule has 0 radical (unpaired) electrons. The molecule has 0 saturated carbocycles. The molecule has 89 heavy (non-hydrogen) atoms. The van der Waals surface area contributed by atoms with Crippen LogP contribution >= 0.6 is 22.6 Å². The maximum Gasteiger partial charge on any atom is 0.261 e. The van der Waals surface area contributed by atoms with Gasteiger partial charge in [-0.05, 0) is 179 Å². The second kappa shape index (κ2) is 25.5. The fourth-order valence-electron chi connectivity index (χ4n) is 13.5. The predicted octanol–water partition coefficient (Wildman–Crippen LogP) is 13.2. The number of carbonyl (C=O) groups is 2. The molecule has 6 fully saturated rings. The maximum atomic E-state index is 13.7. The van der Waals surface area contributed by atoms with Crippen LogP contribution in [0.25, 0.3) is 72.2 Å². The van der Waals surface area contributed by atoms with Gasteiger partial charge in [0.1, 0.15) is 28.4 Å². The summed E-state index contributed by atoms with van der Waals surface area (Å²) in [7, 11) is 0. The molecule has 16 rings (SSSR count). The maximum absolute atomic E-state index is 13.7. The number of fused-ring (bicyclic) bond motifs is 10. The number of nitrogens with zero attached hydrogens (tertiary/aromatic N) is 6. The van der Waals surface area contributed by atoms with Crippen molar-refractivity contribution in [2.45, 2.75) is 118 Å². The van der Waals surface area contributed by atoms with E-state index < -0.39 is 29.6 Å². The zero-order valence-corrected chi connectivity index (χ0v) is 57.9. The number of halogens is 1. The van der Waals surface area contributed by atoms with Crippen LogP contribution in [0.2, 0.25) is 14.8 Å². The monoisotopic (exact) mass is 1420 g/mol. The third-order valence-corrected chi connectivity index (χ3v) is 25.7. The molecule has 4 aromatic carbocycles. The molecule has 0 aliphatic carbocycles. The van der Waals surface area contributed by atoms with E-state index >= 15 is 0 Å². The SMILES string of the molecule is CC(C)(C)OC(=O)N1CC=C(c2ccc3[nH]c(=O)c(-c4nc5ccccc5[nH]4)c(NC4CN5CCC4CC5)c3c2)CC1.CC(C)(C)OC(=O)N1CC=[C]([Sn]([CH3])([CH3])[CH3])CC1.O=c1[nH]c2ccc(I)cc2c(NC2CN3CCC2CC3)c1-c1nc2ccccc2[nH]1. The van der Waals surface area contributed by atoms with Gasteiger partial charge in [-0.15, -0.1) is 0 Å². The van der Waals surface area contributed by atoms with E-state index in [1.807, 2.05) is 108 Å². The molecule has 18 nitrogen and oxygen atoms in total. The van der Waals surface area contributed by atoms with Crippen molar-refractivity contribution in [3.05, 3.63) is 131 Å². The van der Waals surface area contributed by atoms with Crippen molar-refractivity contribution in [3.8, 4) is 22.8 Å². The van der Waals surface area contributed by atoms with Crippen LogP contribution < -0.4 is 21.8 Å². The third kappa shape index (κ3) is 14.3. The number of benzene rings is 4. The molecule has 8 aromatic rings. The quantitative estimate of drug-likeness (QED) is 0.0620. The van der Waals surface area contributed by atoms with Crippen LogP contribution in [-0.2, 0) is 9.47 Å². The van der Waals surface area contributed by atoms with E-state index in [4.69, 9.17) is 19.4 Å². The first kappa shape index (κ1) is 62.5. The summed E-state index contributed by atoms with van der Waals surface area (Å²) in [6.07, 6.45) is 10.4. The number of nitrogens with one attached hydrogen (secondary N) is 6. The Labute approximate surface area is 538 Å². The van der Waals surface area contributed by atoms with Crippen LogP contribution in [0, 0.1) is 15.4 Å². The first-order valence-electron chi connectivity index (χ1n) is 31.8. The van der Waals surface area contributed by atoms with Crippen LogP contribution in [0.5, 0.6) is 0 Å². The summed E-state index contributed by atoms with van der Waals surface area (Å²) in [6.45, 7) is 20.7. The van der Waals surface area contributed by atoms with E-state index in [1.165, 1.54) is 44.3 Å². The predicted molar refractivity (Wildman–Crippen MR) is 369 cm³/mol. The number of piperidine rings is 6. The van der Waals surface area contributed by atoms with Gasteiger partial charge < -0.3 is 50.0 Å². The number of amides is 2. The van der Waals surface area contributed by atoms with Crippen molar-refractivity contribution in [2.24, 2.45) is 11.8 Å². The number of carbonyl (C=O) groups excluding carboxylic acids is 2. The molecule has 2 amide bonds. The van der Waals surface area contributed by atoms with Crippen LogP contribution in [-0.4, -0.2) is 169 Å². The summed E-state index contributed by atoms with van der Waals surface area (Å²) in [6, 6.07) is 28.8. The number of H-pyrrole nitrogens is 4. The Morgan fingerprint density at radius 2 is 1.03 bits per heavy atom. The number of para-hydroxylation sites is 4. The Bertz CT molecular complexity index is 4080. The normalized spacial score (nSPS) is 21.8. The van der Waals surface area contributed by atoms with Crippen LogP contribution in [0.3, 0.4) is 0 Å². The van der Waals surface area contributed by atoms with Gasteiger partial charge in [-0.1, -0.05) is 36.4 Å². The average Bonchev–Trinajstić information content (AvgIpc) is 1.87. The standard InChI is InChI=1S/C33H38N6O3.C23H22IN5O.C10H16NO2.3CH3.Sn/c1-33(2,3)42-32(41)39-16-12-20(13-17-39)22-8-9-24-23(18-22)29(34-27-19-38-14-10-21(27)11-15-38)28(31(40)37-24)30-35-25-6-4-5-7-26(25)36-30;24-14-5-6-16-15(11-14)21(25-19-12-29-9-7-13(19)8-10-29)20(23(30)28-16)22-26-17-3-1-2-4-18(17)27-22;1-10(2,3)13-9(12)11-7-5-4-6-8-11;;;;/h4-9,12,18,21,27H,10-11,13-17,19H2,1-3H3,(H,35,36)(H2,34,37,40);1-6,11,13,19H,7-10,12H2,(H,26,27)(H2,25,28,30);5H,6-8H2,1-3H3;3*1H3;. The van der Waals surface area contributed by atoms with E-state index in [0.29, 0.717) is 53.7 Å². The average molecular weight is 1420 g/mol. The summed E-state index contributed by atoms with van der Waals surface area (Å²) < 4.78 is 13.7. The number of ether oxygens (including phenoxy) is 2. The first-order chi connectivity index (χ1) is 42.5. The number of hydrogen-bond acceptors (Lipinski definition) is 12. The van der Waals surface area contributed by atoms with Gasteiger partial charge in [0.25, 0.3) is 11.1 Å². The molecule has 4 bridgehead atoms. The number of pyridine rings is 2. The number of aromatic amines is 4. The molecular formula is C69H85IN12O6Sn. The van der Waals surface area contributed by atoms with Gasteiger partial charge >= 0.3 is 115 Å². The minimum Gasteiger partial charge on any atom is -0.379 e. The second-order valence-corrected chi connectivity index (χ2v) is 43.8. The molecule has 0 spiro atoms. The minimum absolute atomic E-state index is 0.119. The second-order valence-electron chi connectivity index (χ2n) is 27.9. The third-order valence-electron chi connectivity index (χ3n) is 18.3. The molecule has 6 saturated heterocycles. The molecule has 6 N–H and O–H groups in total. The summed E-state index contributed by atoms with van der Waals surface area (Å²) in [4.78, 5) is 89.8. The minimum atomic E-state index is -1.90. The van der Waals surface area contributed by atoms with Gasteiger partial charge in [0, 0.05) is 52.6 Å². The zero-order chi connectivity index (χ0) is 62.5. The summed E-state index contributed by atoms with van der Waals surface area (Å²) >= 11 is 0.430. The van der Waals surface area contributed by atoms with E-state index in [-0.39, 0.29) is 29.3 Å². The number of rotatable bonds is 8. The summed E-state index contributed by atoms with van der Waals surface area (Å²) in [5.74, 6) is 2.41. The van der Waals surface area contributed by atoms with E-state index in [2.05, 4.69) is 108 Å².